The Balaban J connectivity index is 3.75. The second-order valence-electron chi connectivity index (χ2n) is 7.18. The summed E-state index contributed by atoms with van der Waals surface area (Å²) < 4.78 is 150. The predicted octanol–water partition coefficient (Wildman–Crippen LogP) is 8.00. The van der Waals surface area contributed by atoms with E-state index in [0.717, 1.165) is 0 Å². The smallest absolute Gasteiger partial charge is 0.304 e. The van der Waals surface area contributed by atoms with Gasteiger partial charge in [-0.3, -0.25) is 0 Å². The molecule has 0 aliphatic heterocycles. The van der Waals surface area contributed by atoms with E-state index < -0.39 is 76.4 Å². The first kappa shape index (κ1) is 27.3. The number of halogens is 11. The molecule has 31 heavy (non-hydrogen) atoms. The minimum Gasteiger partial charge on any atom is -0.304 e. The first-order valence-electron chi connectivity index (χ1n) is 9.48. The number of anilines is 1. The van der Waals surface area contributed by atoms with Gasteiger partial charge in [0, 0.05) is 12.1 Å². The van der Waals surface area contributed by atoms with Crippen molar-refractivity contribution in [3.05, 3.63) is 28.6 Å². The van der Waals surface area contributed by atoms with E-state index in [2.05, 4.69) is 0 Å². The number of benzene rings is 1. The summed E-state index contributed by atoms with van der Waals surface area (Å²) in [6.07, 6.45) is -10.6. The van der Waals surface area contributed by atoms with Crippen LogP contribution in [0.5, 0.6) is 0 Å². The molecular weight excluding hydrogens is 451 g/mol. The number of rotatable bonds is 9. The van der Waals surface area contributed by atoms with E-state index in [1.807, 2.05) is 0 Å². The van der Waals surface area contributed by atoms with Gasteiger partial charge in [-0.05, 0) is 19.3 Å². The van der Waals surface area contributed by atoms with Crippen LogP contribution in [0, 0.1) is 30.3 Å². The van der Waals surface area contributed by atoms with E-state index in [1.54, 1.807) is 13.8 Å². The maximum atomic E-state index is 14.3. The zero-order valence-electron chi connectivity index (χ0n) is 16.9. The van der Waals surface area contributed by atoms with E-state index in [9.17, 15) is 48.3 Å². The van der Waals surface area contributed by atoms with Gasteiger partial charge in [0.1, 0.15) is 5.56 Å². The van der Waals surface area contributed by atoms with Crippen LogP contribution in [-0.4, -0.2) is 18.8 Å². The van der Waals surface area contributed by atoms with Crippen molar-refractivity contribution in [3.63, 3.8) is 0 Å². The highest BCUT2D eigenvalue weighted by atomic mass is 19.4. The molecule has 0 heterocycles. The van der Waals surface area contributed by atoms with E-state index in [1.165, 1.54) is 0 Å². The Bertz CT molecular complexity index is 753. The molecule has 0 saturated carbocycles. The Hall–Kier alpha value is -1.75. The van der Waals surface area contributed by atoms with Crippen molar-refractivity contribution >= 4 is 5.69 Å². The lowest BCUT2D eigenvalue weighted by molar-refractivity contribution is -0.281. The van der Waals surface area contributed by atoms with Gasteiger partial charge >= 0.3 is 18.4 Å². The van der Waals surface area contributed by atoms with Crippen molar-refractivity contribution in [3.8, 4) is 0 Å². The average molecular weight is 473 g/mol. The van der Waals surface area contributed by atoms with Crippen LogP contribution >= 0.6 is 0 Å². The molecule has 0 amide bonds. The number of alkyl halides is 8. The summed E-state index contributed by atoms with van der Waals surface area (Å²) in [4.78, 5) is -1.01. The number of hydrogen-bond donors (Lipinski definition) is 0. The van der Waals surface area contributed by atoms with Crippen LogP contribution in [0.4, 0.5) is 54.0 Å². The maximum Gasteiger partial charge on any atom is 0.475 e. The molecule has 1 unspecified atom stereocenters. The molecule has 1 aromatic rings. The van der Waals surface area contributed by atoms with Gasteiger partial charge in [0.15, 0.2) is 17.5 Å². The minimum absolute atomic E-state index is 0.336. The molecule has 1 rings (SSSR count). The highest BCUT2D eigenvalue weighted by Gasteiger charge is 2.63. The lowest BCUT2D eigenvalue weighted by Gasteiger charge is -2.37. The zero-order chi connectivity index (χ0) is 24.4. The molecule has 0 N–H and O–H groups in total. The average Bonchev–Trinajstić information content (AvgIpc) is 2.64. The van der Waals surface area contributed by atoms with Crippen LogP contribution in [0.1, 0.15) is 57.1 Å². The molecule has 0 aliphatic rings. The molecular formula is C19H22F11N. The van der Waals surface area contributed by atoms with Gasteiger partial charge < -0.3 is 4.90 Å². The van der Waals surface area contributed by atoms with Crippen molar-refractivity contribution in [2.24, 2.45) is 5.92 Å². The first-order valence-corrected chi connectivity index (χ1v) is 9.48. The molecule has 1 nitrogen and oxygen atoms in total. The largest absolute Gasteiger partial charge is 0.475 e. The van der Waals surface area contributed by atoms with Crippen LogP contribution in [-0.2, 0) is 6.18 Å². The monoisotopic (exact) mass is 473 g/mol. The summed E-state index contributed by atoms with van der Waals surface area (Å²) in [6, 6.07) is -5.91. The van der Waals surface area contributed by atoms with Crippen molar-refractivity contribution in [2.45, 2.75) is 71.3 Å². The highest BCUT2D eigenvalue weighted by molar-refractivity contribution is 5.63. The fourth-order valence-corrected chi connectivity index (χ4v) is 3.26. The summed E-state index contributed by atoms with van der Waals surface area (Å²) in [5, 5.41) is 0. The van der Waals surface area contributed by atoms with Gasteiger partial charge in [-0.2, -0.15) is 35.1 Å². The molecule has 12 heteroatoms. The third kappa shape index (κ3) is 5.74. The third-order valence-electron chi connectivity index (χ3n) is 5.06. The lowest BCUT2D eigenvalue weighted by atomic mass is 9.95. The highest BCUT2D eigenvalue weighted by Crippen LogP contribution is 2.48. The molecule has 0 saturated heterocycles. The van der Waals surface area contributed by atoms with Gasteiger partial charge in [-0.25, -0.2) is 13.2 Å². The number of unbranched alkanes of at least 4 members (excludes halogenated alkanes) is 1. The Kier molecular flexibility index (Phi) is 8.63. The van der Waals surface area contributed by atoms with Gasteiger partial charge in [-0.1, -0.05) is 39.5 Å². The van der Waals surface area contributed by atoms with Crippen LogP contribution < -0.4 is 4.90 Å². The standard InChI is InChI=1S/C19H22F11N/c1-4-6-7-11(5-2)8-9-31(19(29,30)18(26,27)28)16-10(3)13(20)15(22)14(21)12(16)17(23,24)25/h11H,4-9H2,1-3H3. The van der Waals surface area contributed by atoms with E-state index in [-0.39, 0.29) is 0 Å². The summed E-state index contributed by atoms with van der Waals surface area (Å²) in [5.41, 5.74) is -6.29. The van der Waals surface area contributed by atoms with Crippen molar-refractivity contribution in [1.29, 1.82) is 0 Å². The molecule has 0 radical (unpaired) electrons. The maximum absolute atomic E-state index is 14.3. The molecule has 1 atom stereocenters. The minimum atomic E-state index is -6.37. The summed E-state index contributed by atoms with van der Waals surface area (Å²) >= 11 is 0. The zero-order valence-corrected chi connectivity index (χ0v) is 16.9. The third-order valence-corrected chi connectivity index (χ3v) is 5.06. The molecule has 180 valence electrons. The SMILES string of the molecule is CCCCC(CC)CCN(c1c(C)c(F)c(F)c(F)c1C(F)(F)F)C(F)(F)C(F)(F)F. The van der Waals surface area contributed by atoms with E-state index >= 15 is 0 Å². The summed E-state index contributed by atoms with van der Waals surface area (Å²) in [7, 11) is 0. The molecule has 0 spiro atoms. The second kappa shape index (κ2) is 9.81. The summed E-state index contributed by atoms with van der Waals surface area (Å²) in [6.45, 7) is 2.52. The molecule has 0 bridgehead atoms. The van der Waals surface area contributed by atoms with Crippen LogP contribution in [0.25, 0.3) is 0 Å². The molecule has 1 aromatic carbocycles. The van der Waals surface area contributed by atoms with E-state index in [4.69, 9.17) is 0 Å². The Morgan fingerprint density at radius 2 is 1.35 bits per heavy atom. The second-order valence-corrected chi connectivity index (χ2v) is 7.18. The van der Waals surface area contributed by atoms with Crippen molar-refractivity contribution in [1.82, 2.24) is 0 Å². The molecule has 0 aliphatic carbocycles. The lowest BCUT2D eigenvalue weighted by Crippen LogP contribution is -2.54. The Labute approximate surface area is 172 Å². The van der Waals surface area contributed by atoms with Gasteiger partial charge in [0.25, 0.3) is 0 Å². The van der Waals surface area contributed by atoms with Crippen LogP contribution in [0.3, 0.4) is 0 Å². The number of nitrogens with zero attached hydrogens (tertiary/aromatic N) is 1. The Morgan fingerprint density at radius 3 is 1.77 bits per heavy atom. The van der Waals surface area contributed by atoms with Crippen LogP contribution in [0.15, 0.2) is 0 Å². The van der Waals surface area contributed by atoms with Crippen LogP contribution in [0.2, 0.25) is 0 Å². The molecule has 0 aromatic heterocycles. The van der Waals surface area contributed by atoms with E-state index in [0.29, 0.717) is 32.6 Å². The first-order chi connectivity index (χ1) is 14.0. The number of hydrogen-bond acceptors (Lipinski definition) is 1. The molecule has 0 fully saturated rings. The predicted molar refractivity (Wildman–Crippen MR) is 92.3 cm³/mol. The van der Waals surface area contributed by atoms with Crippen molar-refractivity contribution in [2.75, 3.05) is 11.4 Å². The fraction of sp³-hybridized carbons (Fsp3) is 0.684. The van der Waals surface area contributed by atoms with Crippen molar-refractivity contribution < 1.29 is 48.3 Å². The topological polar surface area (TPSA) is 3.24 Å². The van der Waals surface area contributed by atoms with Gasteiger partial charge in [-0.15, -0.1) is 0 Å². The normalized spacial score (nSPS) is 14.1. The summed E-state index contributed by atoms with van der Waals surface area (Å²) in [5.74, 6) is -8.19. The quantitative estimate of drug-likeness (QED) is 0.200. The Morgan fingerprint density at radius 1 is 0.806 bits per heavy atom. The van der Waals surface area contributed by atoms with Gasteiger partial charge in [0.2, 0.25) is 0 Å². The fourth-order valence-electron chi connectivity index (χ4n) is 3.26. The van der Waals surface area contributed by atoms with Gasteiger partial charge in [0.05, 0.1) is 5.69 Å².